The molecule has 0 heterocycles. The highest BCUT2D eigenvalue weighted by atomic mass is 16.6. The third-order valence-corrected chi connectivity index (χ3v) is 12.4. The average Bonchev–Trinajstić information content (AvgIpc) is 3.12. The summed E-state index contributed by atoms with van der Waals surface area (Å²) in [5.41, 5.74) is 8.86. The first kappa shape index (κ1) is 31.1. The van der Waals surface area contributed by atoms with Gasteiger partial charge in [0.1, 0.15) is 11.4 Å². The number of ether oxygens (including phenoxy) is 2. The van der Waals surface area contributed by atoms with Gasteiger partial charge in [-0.05, 0) is 155 Å². The molecule has 6 aromatic rings. The molecule has 0 atom stereocenters. The van der Waals surface area contributed by atoms with E-state index in [0.29, 0.717) is 11.8 Å². The normalized spacial score (nSPS) is 23.7. The second-order valence-corrected chi connectivity index (χ2v) is 15.4. The third kappa shape index (κ3) is 5.13. The zero-order valence-corrected chi connectivity index (χ0v) is 29.2. The van der Waals surface area contributed by atoms with Crippen LogP contribution >= 0.6 is 0 Å². The summed E-state index contributed by atoms with van der Waals surface area (Å²) in [5, 5.41) is 4.93. The number of carbonyl (C=O) groups is 1. The third-order valence-electron chi connectivity index (χ3n) is 12.4. The summed E-state index contributed by atoms with van der Waals surface area (Å²) in [6, 6.07) is 41.4. The smallest absolute Gasteiger partial charge is 0.344 e. The van der Waals surface area contributed by atoms with Crippen LogP contribution in [0.3, 0.4) is 0 Å². The van der Waals surface area contributed by atoms with Gasteiger partial charge in [0.05, 0.1) is 0 Å². The first-order valence-electron chi connectivity index (χ1n) is 18.4. The maximum Gasteiger partial charge on any atom is 0.344 e. The molecule has 0 N–H and O–H groups in total. The number of carbonyl (C=O) groups excluding carboxylic acids is 1. The number of fused-ring (bicyclic) bond motifs is 2. The molecule has 0 aromatic heterocycles. The van der Waals surface area contributed by atoms with Crippen LogP contribution in [0.15, 0.2) is 115 Å². The highest BCUT2D eigenvalue weighted by Gasteiger charge is 2.57. The van der Waals surface area contributed by atoms with Gasteiger partial charge in [0.15, 0.2) is 6.61 Å². The first-order valence-corrected chi connectivity index (χ1v) is 18.4. The summed E-state index contributed by atoms with van der Waals surface area (Å²) >= 11 is 0. The Morgan fingerprint density at radius 1 is 0.620 bits per heavy atom. The summed E-state index contributed by atoms with van der Waals surface area (Å²) in [6.07, 6.45) is 6.21. The molecule has 0 radical (unpaired) electrons. The molecule has 3 heteroatoms. The molecule has 250 valence electrons. The van der Waals surface area contributed by atoms with E-state index >= 15 is 0 Å². The average molecular weight is 657 g/mol. The molecule has 0 amide bonds. The second-order valence-electron chi connectivity index (χ2n) is 15.4. The maximum atomic E-state index is 13.4. The summed E-state index contributed by atoms with van der Waals surface area (Å²) in [4.78, 5) is 13.4. The van der Waals surface area contributed by atoms with Crippen LogP contribution < -0.4 is 4.74 Å². The largest absolute Gasteiger partial charge is 0.481 e. The molecular formula is C47H44O3. The van der Waals surface area contributed by atoms with E-state index in [9.17, 15) is 4.79 Å². The highest BCUT2D eigenvalue weighted by molar-refractivity contribution is 6.24. The van der Waals surface area contributed by atoms with Crippen molar-refractivity contribution < 1.29 is 14.3 Å². The molecule has 4 aliphatic carbocycles. The van der Waals surface area contributed by atoms with Crippen molar-refractivity contribution in [1.82, 2.24) is 0 Å². The van der Waals surface area contributed by atoms with Crippen LogP contribution in [0.2, 0.25) is 0 Å². The van der Waals surface area contributed by atoms with E-state index in [1.165, 1.54) is 81.5 Å². The molecule has 0 spiro atoms. The topological polar surface area (TPSA) is 35.5 Å². The molecule has 6 aromatic carbocycles. The van der Waals surface area contributed by atoms with E-state index < -0.39 is 0 Å². The van der Waals surface area contributed by atoms with Gasteiger partial charge in [-0.2, -0.15) is 0 Å². The van der Waals surface area contributed by atoms with Crippen molar-refractivity contribution in [2.75, 3.05) is 6.61 Å². The number of rotatable bonds is 7. The van der Waals surface area contributed by atoms with Crippen molar-refractivity contribution in [2.45, 2.75) is 58.5 Å². The summed E-state index contributed by atoms with van der Waals surface area (Å²) in [5.74, 6) is 3.17. The highest BCUT2D eigenvalue weighted by Crippen LogP contribution is 2.59. The molecule has 4 bridgehead atoms. The minimum absolute atomic E-state index is 0.0677. The number of hydrogen-bond acceptors (Lipinski definition) is 3. The Bertz CT molecular complexity index is 2200. The number of hydrogen-bond donors (Lipinski definition) is 0. The lowest BCUT2D eigenvalue weighted by molar-refractivity contribution is -0.204. The molecular weight excluding hydrogens is 613 g/mol. The van der Waals surface area contributed by atoms with Gasteiger partial charge in [-0.15, -0.1) is 0 Å². The molecule has 0 aliphatic heterocycles. The second kappa shape index (κ2) is 12.2. The van der Waals surface area contributed by atoms with Crippen LogP contribution in [-0.4, -0.2) is 18.2 Å². The van der Waals surface area contributed by atoms with Gasteiger partial charge >= 0.3 is 5.97 Å². The number of benzene rings is 6. The van der Waals surface area contributed by atoms with Gasteiger partial charge in [0, 0.05) is 0 Å². The molecule has 10 rings (SSSR count). The van der Waals surface area contributed by atoms with E-state index in [4.69, 9.17) is 9.47 Å². The van der Waals surface area contributed by atoms with Gasteiger partial charge in [-0.3, -0.25) is 0 Å². The van der Waals surface area contributed by atoms with Crippen molar-refractivity contribution in [3.8, 4) is 39.1 Å². The SMILES string of the molecule is Cc1cc(-c2cccc3c(-c4ccccc4)c4ccccc4c(-c4ccccc4)c23)cc(C)c1OCC(=O)OC1(C)C2CC3CC(C2)CC1C3. The molecule has 4 saturated carbocycles. The van der Waals surface area contributed by atoms with Crippen molar-refractivity contribution in [1.29, 1.82) is 0 Å². The molecule has 3 nitrogen and oxygen atoms in total. The summed E-state index contributed by atoms with van der Waals surface area (Å²) in [7, 11) is 0. The minimum Gasteiger partial charge on any atom is -0.481 e. The van der Waals surface area contributed by atoms with Crippen molar-refractivity contribution in [3.05, 3.63) is 126 Å². The molecule has 50 heavy (non-hydrogen) atoms. The fourth-order valence-corrected chi connectivity index (χ4v) is 10.3. The predicted octanol–water partition coefficient (Wildman–Crippen LogP) is 11.7. The molecule has 0 unspecified atom stereocenters. The van der Waals surface area contributed by atoms with Crippen molar-refractivity contribution in [3.63, 3.8) is 0 Å². The van der Waals surface area contributed by atoms with Gasteiger partial charge in [-0.25, -0.2) is 4.79 Å². The lowest BCUT2D eigenvalue weighted by Gasteiger charge is -2.59. The first-order chi connectivity index (χ1) is 24.4. The standard InChI is InChI=1S/C47H44O3/c1-29-21-35(22-30(2)46(29)49-28-42(48)50-47(3)36-24-31-23-32(26-36)27-37(47)25-31)38-19-12-20-41-43(33-13-6-4-7-14-33)39-17-10-11-18-40(39)44(45(38)41)34-15-8-5-9-16-34/h4-22,31-32,36-37H,23-28H2,1-3H3. The monoisotopic (exact) mass is 656 g/mol. The number of aryl methyl sites for hydroxylation is 2. The van der Waals surface area contributed by atoms with Gasteiger partial charge in [0.25, 0.3) is 0 Å². The van der Waals surface area contributed by atoms with E-state index in [2.05, 4.69) is 136 Å². The summed E-state index contributed by atoms with van der Waals surface area (Å²) < 4.78 is 12.6. The van der Waals surface area contributed by atoms with E-state index in [1.807, 2.05) is 0 Å². The van der Waals surface area contributed by atoms with Crippen LogP contribution in [0, 0.1) is 37.5 Å². The van der Waals surface area contributed by atoms with E-state index in [0.717, 1.165) is 34.3 Å². The van der Waals surface area contributed by atoms with Crippen LogP contribution in [0.25, 0.3) is 54.9 Å². The number of esters is 1. The molecule has 0 saturated heterocycles. The van der Waals surface area contributed by atoms with Crippen LogP contribution in [0.5, 0.6) is 5.75 Å². The molecule has 4 fully saturated rings. The van der Waals surface area contributed by atoms with Crippen LogP contribution in [0.4, 0.5) is 0 Å². The Kier molecular flexibility index (Phi) is 7.57. The quantitative estimate of drug-likeness (QED) is 0.127. The Labute approximate surface area is 295 Å². The van der Waals surface area contributed by atoms with Crippen LogP contribution in [0.1, 0.15) is 50.2 Å². The van der Waals surface area contributed by atoms with Gasteiger partial charge < -0.3 is 9.47 Å². The fraction of sp³-hybridized carbons (Fsp3) is 0.298. The van der Waals surface area contributed by atoms with Gasteiger partial charge in [-0.1, -0.05) is 103 Å². The zero-order valence-electron chi connectivity index (χ0n) is 29.2. The fourth-order valence-electron chi connectivity index (χ4n) is 10.3. The minimum atomic E-state index is -0.352. The predicted molar refractivity (Wildman–Crippen MR) is 204 cm³/mol. The maximum absolute atomic E-state index is 13.4. The van der Waals surface area contributed by atoms with Crippen molar-refractivity contribution in [2.24, 2.45) is 23.7 Å². The Morgan fingerprint density at radius 2 is 1.14 bits per heavy atom. The zero-order chi connectivity index (χ0) is 34.0. The lowest BCUT2D eigenvalue weighted by atomic mass is 9.50. The van der Waals surface area contributed by atoms with E-state index in [-0.39, 0.29) is 18.2 Å². The Morgan fingerprint density at radius 3 is 1.74 bits per heavy atom. The lowest BCUT2D eigenvalue weighted by Crippen LogP contribution is -2.58. The summed E-state index contributed by atoms with van der Waals surface area (Å²) in [6.45, 7) is 6.31. The Balaban J connectivity index is 1.10. The van der Waals surface area contributed by atoms with E-state index in [1.54, 1.807) is 0 Å². The Hall–Kier alpha value is -4.89. The van der Waals surface area contributed by atoms with Crippen molar-refractivity contribution >= 4 is 27.5 Å². The van der Waals surface area contributed by atoms with Crippen LogP contribution in [-0.2, 0) is 9.53 Å². The van der Waals surface area contributed by atoms with Gasteiger partial charge in [0.2, 0.25) is 0 Å². The molecule has 4 aliphatic rings.